The summed E-state index contributed by atoms with van der Waals surface area (Å²) in [4.78, 5) is 30.3. The zero-order chi connectivity index (χ0) is 32.5. The predicted octanol–water partition coefficient (Wildman–Crippen LogP) is 7.23. The van der Waals surface area contributed by atoms with Crippen LogP contribution in [0.5, 0.6) is 0 Å². The van der Waals surface area contributed by atoms with Gasteiger partial charge < -0.3 is 10.2 Å². The quantitative estimate of drug-likeness (QED) is 0.154. The van der Waals surface area contributed by atoms with Crippen molar-refractivity contribution >= 4 is 61.7 Å². The molecule has 0 aliphatic heterocycles. The molecule has 7 nitrogen and oxygen atoms in total. The molecule has 1 fully saturated rings. The molecule has 1 saturated carbocycles. The van der Waals surface area contributed by atoms with Crippen LogP contribution in [0.15, 0.2) is 114 Å². The highest BCUT2D eigenvalue weighted by molar-refractivity contribution is 14.1. The zero-order valence-corrected chi connectivity index (χ0v) is 29.1. The summed E-state index contributed by atoms with van der Waals surface area (Å²) < 4.78 is 30.2. The second-order valence-corrected chi connectivity index (χ2v) is 15.0. The average Bonchev–Trinajstić information content (AvgIpc) is 3.07. The van der Waals surface area contributed by atoms with Gasteiger partial charge in [-0.15, -0.1) is 0 Å². The van der Waals surface area contributed by atoms with E-state index in [1.165, 1.54) is 17.0 Å². The Morgan fingerprint density at radius 2 is 1.43 bits per heavy atom. The van der Waals surface area contributed by atoms with Crippen molar-refractivity contribution in [1.29, 1.82) is 0 Å². The second-order valence-electron chi connectivity index (χ2n) is 11.5. The van der Waals surface area contributed by atoms with E-state index in [0.29, 0.717) is 16.3 Å². The third-order valence-corrected chi connectivity index (χ3v) is 11.1. The normalized spacial score (nSPS) is 14.3. The van der Waals surface area contributed by atoms with Gasteiger partial charge in [-0.25, -0.2) is 8.42 Å². The summed E-state index contributed by atoms with van der Waals surface area (Å²) in [6.45, 7) is -0.482. The largest absolute Gasteiger partial charge is 0.352 e. The molecular formula is C36H37ClIN3O4S. The third kappa shape index (κ3) is 8.68. The van der Waals surface area contributed by atoms with Crippen molar-refractivity contribution < 1.29 is 18.0 Å². The lowest BCUT2D eigenvalue weighted by molar-refractivity contribution is -0.140. The number of carbonyl (C=O) groups is 2. The van der Waals surface area contributed by atoms with E-state index < -0.39 is 28.5 Å². The van der Waals surface area contributed by atoms with Crippen molar-refractivity contribution in [3.63, 3.8) is 0 Å². The van der Waals surface area contributed by atoms with E-state index in [4.69, 9.17) is 11.6 Å². The zero-order valence-electron chi connectivity index (χ0n) is 25.4. The molecule has 2 amide bonds. The number of rotatable bonds is 12. The predicted molar refractivity (Wildman–Crippen MR) is 191 cm³/mol. The Balaban J connectivity index is 1.56. The van der Waals surface area contributed by atoms with Crippen molar-refractivity contribution in [2.45, 2.75) is 62.0 Å². The summed E-state index contributed by atoms with van der Waals surface area (Å²) in [6, 6.07) is 30.9. The molecule has 1 aliphatic carbocycles. The molecule has 1 N–H and O–H groups in total. The highest BCUT2D eigenvalue weighted by Crippen LogP contribution is 2.27. The number of nitrogens with zero attached hydrogens (tertiary/aromatic N) is 2. The van der Waals surface area contributed by atoms with Crippen molar-refractivity contribution in [3.05, 3.63) is 129 Å². The summed E-state index contributed by atoms with van der Waals surface area (Å²) in [5, 5.41) is 3.68. The number of halogens is 2. The molecule has 0 radical (unpaired) electrons. The van der Waals surface area contributed by atoms with Gasteiger partial charge in [-0.1, -0.05) is 97.6 Å². The molecule has 0 heterocycles. The van der Waals surface area contributed by atoms with E-state index in [-0.39, 0.29) is 29.8 Å². The van der Waals surface area contributed by atoms with Crippen LogP contribution in [0.1, 0.15) is 43.2 Å². The van der Waals surface area contributed by atoms with Crippen molar-refractivity contribution in [2.75, 3.05) is 10.8 Å². The van der Waals surface area contributed by atoms with Gasteiger partial charge in [0.15, 0.2) is 0 Å². The van der Waals surface area contributed by atoms with E-state index in [9.17, 15) is 18.0 Å². The number of amides is 2. The molecule has 46 heavy (non-hydrogen) atoms. The minimum Gasteiger partial charge on any atom is -0.352 e. The van der Waals surface area contributed by atoms with Crippen LogP contribution in [0.25, 0.3) is 0 Å². The van der Waals surface area contributed by atoms with Gasteiger partial charge in [-0.2, -0.15) is 0 Å². The summed E-state index contributed by atoms with van der Waals surface area (Å²) >= 11 is 8.75. The number of anilines is 1. The minimum atomic E-state index is -4.15. The fraction of sp³-hybridized carbons (Fsp3) is 0.278. The number of hydrogen-bond acceptors (Lipinski definition) is 4. The van der Waals surface area contributed by atoms with Gasteiger partial charge in [0.2, 0.25) is 11.8 Å². The standard InChI is InChI=1S/C36H37ClIN3O4S/c37-33-19-11-10-14-28(33)25-40(34(24-27-12-4-1-5-13-27)36(43)39-30-15-6-2-7-16-30)35(42)26-41(31-22-20-29(38)21-23-31)46(44,45)32-17-8-3-9-18-32/h1,3-5,8-14,17-23,30,34H,2,6-7,15-16,24-26H2,(H,39,43)/t34-/m1/s1. The molecule has 10 heteroatoms. The summed E-state index contributed by atoms with van der Waals surface area (Å²) in [5.41, 5.74) is 1.89. The van der Waals surface area contributed by atoms with E-state index in [1.54, 1.807) is 54.6 Å². The van der Waals surface area contributed by atoms with Gasteiger partial charge in [0, 0.05) is 27.6 Å². The van der Waals surface area contributed by atoms with Gasteiger partial charge in [-0.05, 0) is 89.0 Å². The molecule has 0 aromatic heterocycles. The molecule has 4 aromatic carbocycles. The van der Waals surface area contributed by atoms with Crippen LogP contribution in [0.3, 0.4) is 0 Å². The summed E-state index contributed by atoms with van der Waals surface area (Å²) in [5.74, 6) is -0.777. The number of sulfonamides is 1. The highest BCUT2D eigenvalue weighted by atomic mass is 127. The first-order valence-corrected chi connectivity index (χ1v) is 18.3. The van der Waals surface area contributed by atoms with Gasteiger partial charge >= 0.3 is 0 Å². The van der Waals surface area contributed by atoms with Crippen LogP contribution in [-0.2, 0) is 32.6 Å². The Bertz CT molecular complexity index is 1720. The van der Waals surface area contributed by atoms with Crippen LogP contribution in [0.4, 0.5) is 5.69 Å². The molecular weight excluding hydrogens is 733 g/mol. The Labute approximate surface area is 290 Å². The molecule has 0 unspecified atom stereocenters. The molecule has 5 rings (SSSR count). The first kappa shape index (κ1) is 33.9. The minimum absolute atomic E-state index is 0.0264. The van der Waals surface area contributed by atoms with Gasteiger partial charge in [-0.3, -0.25) is 13.9 Å². The molecule has 1 aliphatic rings. The maximum absolute atomic E-state index is 14.6. The van der Waals surface area contributed by atoms with Gasteiger partial charge in [0.1, 0.15) is 12.6 Å². The number of hydrogen-bond donors (Lipinski definition) is 1. The van der Waals surface area contributed by atoms with Crippen LogP contribution < -0.4 is 9.62 Å². The van der Waals surface area contributed by atoms with E-state index in [0.717, 1.165) is 45.5 Å². The number of nitrogens with one attached hydrogen (secondary N) is 1. The van der Waals surface area contributed by atoms with Gasteiger partial charge in [0.25, 0.3) is 10.0 Å². The topological polar surface area (TPSA) is 86.8 Å². The first-order chi connectivity index (χ1) is 22.2. The second kappa shape index (κ2) is 15.9. The highest BCUT2D eigenvalue weighted by Gasteiger charge is 2.35. The lowest BCUT2D eigenvalue weighted by Crippen LogP contribution is -2.55. The Morgan fingerprint density at radius 1 is 0.826 bits per heavy atom. The third-order valence-electron chi connectivity index (χ3n) is 8.25. The molecule has 1 atom stereocenters. The maximum Gasteiger partial charge on any atom is 0.264 e. The van der Waals surface area contributed by atoms with Crippen LogP contribution in [0.2, 0.25) is 5.02 Å². The maximum atomic E-state index is 14.6. The smallest absolute Gasteiger partial charge is 0.264 e. The van der Waals surface area contributed by atoms with Crippen molar-refractivity contribution in [1.82, 2.24) is 10.2 Å². The molecule has 240 valence electrons. The fourth-order valence-electron chi connectivity index (χ4n) is 5.76. The Morgan fingerprint density at radius 3 is 2.09 bits per heavy atom. The first-order valence-electron chi connectivity index (χ1n) is 15.4. The Kier molecular flexibility index (Phi) is 11.8. The summed E-state index contributed by atoms with van der Waals surface area (Å²) in [6.07, 6.45) is 5.25. The van der Waals surface area contributed by atoms with E-state index in [1.807, 2.05) is 42.5 Å². The number of benzene rings is 4. The van der Waals surface area contributed by atoms with Crippen LogP contribution in [-0.4, -0.2) is 43.8 Å². The molecule has 0 spiro atoms. The fourth-order valence-corrected chi connectivity index (χ4v) is 7.75. The lowest BCUT2D eigenvalue weighted by atomic mass is 9.94. The van der Waals surface area contributed by atoms with E-state index >= 15 is 0 Å². The molecule has 0 saturated heterocycles. The number of carbonyl (C=O) groups excluding carboxylic acids is 2. The summed E-state index contributed by atoms with van der Waals surface area (Å²) in [7, 11) is -4.15. The van der Waals surface area contributed by atoms with Crippen LogP contribution >= 0.6 is 34.2 Å². The van der Waals surface area contributed by atoms with Crippen molar-refractivity contribution in [2.24, 2.45) is 0 Å². The average molecular weight is 770 g/mol. The molecule has 0 bridgehead atoms. The van der Waals surface area contributed by atoms with Crippen LogP contribution in [0, 0.1) is 3.57 Å². The van der Waals surface area contributed by atoms with Crippen molar-refractivity contribution in [3.8, 4) is 0 Å². The monoisotopic (exact) mass is 769 g/mol. The Hall–Kier alpha value is -3.41. The lowest BCUT2D eigenvalue weighted by Gasteiger charge is -2.35. The van der Waals surface area contributed by atoms with E-state index in [2.05, 4.69) is 27.9 Å². The van der Waals surface area contributed by atoms with Gasteiger partial charge in [0.05, 0.1) is 10.6 Å². The molecule has 4 aromatic rings. The SMILES string of the molecule is O=C(NC1CCCCC1)[C@@H](Cc1ccccc1)N(Cc1ccccc1Cl)C(=O)CN(c1ccc(I)cc1)S(=O)(=O)c1ccccc1.